The Labute approximate surface area is 91.0 Å². The average molecular weight is 254 g/mol. The number of halogens is 1. The number of aromatic nitrogens is 2. The first-order valence-electron chi connectivity index (χ1n) is 4.53. The molecule has 0 spiro atoms. The van der Waals surface area contributed by atoms with E-state index in [1.54, 1.807) is 0 Å². The molecule has 0 atom stereocenters. The summed E-state index contributed by atoms with van der Waals surface area (Å²) >= 11 is 3.41. The van der Waals surface area contributed by atoms with Crippen LogP contribution in [0.2, 0.25) is 0 Å². The Morgan fingerprint density at radius 2 is 2.14 bits per heavy atom. The van der Waals surface area contributed by atoms with E-state index in [9.17, 15) is 0 Å². The minimum absolute atomic E-state index is 0.293. The number of hydrogen-bond acceptors (Lipinski definition) is 2. The highest BCUT2D eigenvalue weighted by atomic mass is 79.9. The maximum atomic E-state index is 5.98. The van der Waals surface area contributed by atoms with Gasteiger partial charge in [-0.05, 0) is 32.0 Å². The van der Waals surface area contributed by atoms with Crippen molar-refractivity contribution in [2.45, 2.75) is 19.9 Å². The van der Waals surface area contributed by atoms with Crippen LogP contribution in [0, 0.1) is 0 Å². The molecule has 14 heavy (non-hydrogen) atoms. The third-order valence-corrected chi connectivity index (χ3v) is 2.68. The number of benzene rings is 1. The predicted molar refractivity (Wildman–Crippen MR) is 62.2 cm³/mol. The van der Waals surface area contributed by atoms with Crippen LogP contribution in [0.5, 0.6) is 0 Å². The Hall–Kier alpha value is -1.03. The van der Waals surface area contributed by atoms with E-state index in [4.69, 9.17) is 5.73 Å². The first-order valence-corrected chi connectivity index (χ1v) is 5.32. The predicted octanol–water partition coefficient (Wildman–Crippen LogP) is 2.96. The van der Waals surface area contributed by atoms with Gasteiger partial charge in [-0.15, -0.1) is 0 Å². The molecule has 1 heterocycles. The molecule has 0 unspecified atom stereocenters. The van der Waals surface area contributed by atoms with E-state index >= 15 is 0 Å². The van der Waals surface area contributed by atoms with Crippen LogP contribution in [0.4, 0.5) is 5.82 Å². The number of hydrogen-bond donors (Lipinski definition) is 1. The van der Waals surface area contributed by atoms with Crippen molar-refractivity contribution in [1.82, 2.24) is 9.78 Å². The molecule has 0 fully saturated rings. The SMILES string of the molecule is CC(C)n1nc2cc(Br)ccc2c1N. The molecule has 0 aliphatic heterocycles. The zero-order chi connectivity index (χ0) is 10.3. The molecule has 0 radical (unpaired) electrons. The topological polar surface area (TPSA) is 43.8 Å². The fourth-order valence-electron chi connectivity index (χ4n) is 1.49. The van der Waals surface area contributed by atoms with Gasteiger partial charge in [-0.3, -0.25) is 0 Å². The molecule has 2 aromatic rings. The van der Waals surface area contributed by atoms with Gasteiger partial charge in [0.2, 0.25) is 0 Å². The van der Waals surface area contributed by atoms with Gasteiger partial charge in [0.1, 0.15) is 5.82 Å². The smallest absolute Gasteiger partial charge is 0.129 e. The molecule has 4 heteroatoms. The highest BCUT2D eigenvalue weighted by Crippen LogP contribution is 2.25. The summed E-state index contributed by atoms with van der Waals surface area (Å²) in [7, 11) is 0. The molecule has 2 N–H and O–H groups in total. The third-order valence-electron chi connectivity index (χ3n) is 2.19. The van der Waals surface area contributed by atoms with Crippen molar-refractivity contribution in [3.05, 3.63) is 22.7 Å². The second-order valence-corrected chi connectivity index (χ2v) is 4.50. The molecule has 2 rings (SSSR count). The summed E-state index contributed by atoms with van der Waals surface area (Å²) < 4.78 is 2.87. The van der Waals surface area contributed by atoms with Crippen LogP contribution in [0.25, 0.3) is 10.9 Å². The molecular formula is C10H12BrN3. The second kappa shape index (κ2) is 3.28. The minimum atomic E-state index is 0.293. The molecule has 0 bridgehead atoms. The van der Waals surface area contributed by atoms with Crippen LogP contribution >= 0.6 is 15.9 Å². The van der Waals surface area contributed by atoms with E-state index in [2.05, 4.69) is 34.9 Å². The van der Waals surface area contributed by atoms with Crippen molar-refractivity contribution in [2.24, 2.45) is 0 Å². The van der Waals surface area contributed by atoms with Crippen molar-refractivity contribution < 1.29 is 0 Å². The zero-order valence-electron chi connectivity index (χ0n) is 8.16. The molecular weight excluding hydrogens is 242 g/mol. The highest BCUT2D eigenvalue weighted by Gasteiger charge is 2.09. The van der Waals surface area contributed by atoms with Crippen LogP contribution in [-0.4, -0.2) is 9.78 Å². The molecule has 3 nitrogen and oxygen atoms in total. The van der Waals surface area contributed by atoms with E-state index in [0.717, 1.165) is 21.2 Å². The van der Waals surface area contributed by atoms with Crippen LogP contribution in [-0.2, 0) is 0 Å². The second-order valence-electron chi connectivity index (χ2n) is 3.59. The molecule has 0 saturated heterocycles. The van der Waals surface area contributed by atoms with E-state index in [0.29, 0.717) is 6.04 Å². The quantitative estimate of drug-likeness (QED) is 0.850. The standard InChI is InChI=1S/C10H12BrN3/c1-6(2)14-10(12)8-4-3-7(11)5-9(8)13-14/h3-6H,12H2,1-2H3. The average Bonchev–Trinajstić information content (AvgIpc) is 2.43. The molecule has 1 aromatic heterocycles. The number of nitrogens with zero attached hydrogens (tertiary/aromatic N) is 2. The number of nitrogen functional groups attached to an aromatic ring is 1. The maximum absolute atomic E-state index is 5.98. The largest absolute Gasteiger partial charge is 0.383 e. The van der Waals surface area contributed by atoms with Crippen molar-refractivity contribution in [3.63, 3.8) is 0 Å². The lowest BCUT2D eigenvalue weighted by Crippen LogP contribution is -2.06. The van der Waals surface area contributed by atoms with Gasteiger partial charge in [-0.25, -0.2) is 4.68 Å². The lowest BCUT2D eigenvalue weighted by atomic mass is 10.2. The molecule has 0 saturated carbocycles. The Morgan fingerprint density at radius 1 is 1.43 bits per heavy atom. The van der Waals surface area contributed by atoms with Crippen LogP contribution in [0.15, 0.2) is 22.7 Å². The summed E-state index contributed by atoms with van der Waals surface area (Å²) in [4.78, 5) is 0. The van der Waals surface area contributed by atoms with E-state index in [1.807, 2.05) is 22.9 Å². The van der Waals surface area contributed by atoms with Gasteiger partial charge in [0.25, 0.3) is 0 Å². The molecule has 1 aromatic carbocycles. The number of rotatable bonds is 1. The van der Waals surface area contributed by atoms with Gasteiger partial charge in [0, 0.05) is 15.9 Å². The van der Waals surface area contributed by atoms with Crippen LogP contribution in [0.3, 0.4) is 0 Å². The first-order chi connectivity index (χ1) is 6.59. The number of nitrogens with two attached hydrogens (primary N) is 1. The van der Waals surface area contributed by atoms with Gasteiger partial charge < -0.3 is 5.73 Å². The zero-order valence-corrected chi connectivity index (χ0v) is 9.75. The van der Waals surface area contributed by atoms with Gasteiger partial charge in [-0.2, -0.15) is 5.10 Å². The monoisotopic (exact) mass is 253 g/mol. The summed E-state index contributed by atoms with van der Waals surface area (Å²) in [6.45, 7) is 4.13. The van der Waals surface area contributed by atoms with Crippen molar-refractivity contribution in [1.29, 1.82) is 0 Å². The van der Waals surface area contributed by atoms with E-state index in [-0.39, 0.29) is 0 Å². The number of anilines is 1. The lowest BCUT2D eigenvalue weighted by molar-refractivity contribution is 0.545. The normalized spacial score (nSPS) is 11.4. The Kier molecular flexibility index (Phi) is 2.23. The highest BCUT2D eigenvalue weighted by molar-refractivity contribution is 9.10. The lowest BCUT2D eigenvalue weighted by Gasteiger charge is -2.06. The summed E-state index contributed by atoms with van der Waals surface area (Å²) in [6.07, 6.45) is 0. The first kappa shape index (κ1) is 9.52. The Morgan fingerprint density at radius 3 is 2.79 bits per heavy atom. The third kappa shape index (κ3) is 1.39. The van der Waals surface area contributed by atoms with Crippen molar-refractivity contribution in [2.75, 3.05) is 5.73 Å². The van der Waals surface area contributed by atoms with Gasteiger partial charge >= 0.3 is 0 Å². The molecule has 74 valence electrons. The van der Waals surface area contributed by atoms with Crippen LogP contribution < -0.4 is 5.73 Å². The summed E-state index contributed by atoms with van der Waals surface area (Å²) in [5.74, 6) is 0.738. The fourth-order valence-corrected chi connectivity index (χ4v) is 1.84. The number of fused-ring (bicyclic) bond motifs is 1. The van der Waals surface area contributed by atoms with E-state index < -0.39 is 0 Å². The maximum Gasteiger partial charge on any atom is 0.129 e. The summed E-state index contributed by atoms with van der Waals surface area (Å²) in [5.41, 5.74) is 6.91. The van der Waals surface area contributed by atoms with Crippen molar-refractivity contribution in [3.8, 4) is 0 Å². The molecule has 0 aliphatic carbocycles. The van der Waals surface area contributed by atoms with Crippen LogP contribution in [0.1, 0.15) is 19.9 Å². The van der Waals surface area contributed by atoms with Crippen molar-refractivity contribution >= 4 is 32.7 Å². The van der Waals surface area contributed by atoms with Gasteiger partial charge in [0.05, 0.1) is 5.52 Å². The summed E-state index contributed by atoms with van der Waals surface area (Å²) in [6, 6.07) is 6.23. The van der Waals surface area contributed by atoms with Gasteiger partial charge in [0.15, 0.2) is 0 Å². The van der Waals surface area contributed by atoms with E-state index in [1.165, 1.54) is 0 Å². The molecule has 0 amide bonds. The fraction of sp³-hybridized carbons (Fsp3) is 0.300. The Bertz CT molecular complexity index is 473. The molecule has 0 aliphatic rings. The summed E-state index contributed by atoms with van der Waals surface area (Å²) in [5, 5.41) is 5.45. The minimum Gasteiger partial charge on any atom is -0.383 e. The van der Waals surface area contributed by atoms with Gasteiger partial charge in [-0.1, -0.05) is 15.9 Å². The Balaban J connectivity index is 2.73.